The number of hydrogen-bond acceptors (Lipinski definition) is 4. The largest absolute Gasteiger partial charge is 0.382 e. The molecule has 1 unspecified atom stereocenters. The molecule has 6 nitrogen and oxygen atoms in total. The van der Waals surface area contributed by atoms with Crippen molar-refractivity contribution < 1.29 is 9.47 Å². The zero-order valence-corrected chi connectivity index (χ0v) is 20.3. The van der Waals surface area contributed by atoms with Crippen LogP contribution in [0.3, 0.4) is 0 Å². The standard InChI is InChI=1S/C27H40N4O2/c1-3-33-27(22-32-2)26-17-15-23(16-18-26)10-8-6-4-5-7-9-19-29-20-24-11-13-25(14-12-24)21-30-31-28/h11-18,27,29H,3-10,19-22H2,1-2H3. The van der Waals surface area contributed by atoms with E-state index in [9.17, 15) is 0 Å². The highest BCUT2D eigenvalue weighted by molar-refractivity contribution is 5.24. The maximum atomic E-state index is 8.37. The molecule has 0 fully saturated rings. The average molecular weight is 453 g/mol. The number of unbranched alkanes of at least 4 members (excludes halogenated alkanes) is 5. The summed E-state index contributed by atoms with van der Waals surface area (Å²) in [5.74, 6) is 0. The van der Waals surface area contributed by atoms with Crippen molar-refractivity contribution in [2.45, 2.75) is 71.1 Å². The molecule has 0 aliphatic rings. The Hall–Kier alpha value is -2.37. The minimum Gasteiger partial charge on any atom is -0.382 e. The Morgan fingerprint density at radius 1 is 0.879 bits per heavy atom. The van der Waals surface area contributed by atoms with Crippen molar-refractivity contribution in [3.05, 3.63) is 81.2 Å². The maximum Gasteiger partial charge on any atom is 0.106 e. The van der Waals surface area contributed by atoms with Crippen LogP contribution in [-0.2, 0) is 29.0 Å². The quantitative estimate of drug-likeness (QED) is 0.116. The Labute approximate surface area is 199 Å². The lowest BCUT2D eigenvalue weighted by molar-refractivity contribution is 0.00279. The van der Waals surface area contributed by atoms with E-state index in [1.54, 1.807) is 7.11 Å². The van der Waals surface area contributed by atoms with Gasteiger partial charge >= 0.3 is 0 Å². The van der Waals surface area contributed by atoms with E-state index in [4.69, 9.17) is 15.0 Å². The van der Waals surface area contributed by atoms with Gasteiger partial charge < -0.3 is 14.8 Å². The summed E-state index contributed by atoms with van der Waals surface area (Å²) in [6, 6.07) is 17.1. The summed E-state index contributed by atoms with van der Waals surface area (Å²) in [6.45, 7) is 5.66. The lowest BCUT2D eigenvalue weighted by Crippen LogP contribution is -2.14. The van der Waals surface area contributed by atoms with Gasteiger partial charge in [-0.1, -0.05) is 79.3 Å². The van der Waals surface area contributed by atoms with Gasteiger partial charge in [0.05, 0.1) is 13.2 Å². The van der Waals surface area contributed by atoms with Gasteiger partial charge in [-0.05, 0) is 60.5 Å². The molecule has 1 atom stereocenters. The van der Waals surface area contributed by atoms with Gasteiger partial charge in [0.15, 0.2) is 0 Å². The molecule has 0 aromatic heterocycles. The smallest absolute Gasteiger partial charge is 0.106 e. The molecule has 0 amide bonds. The Kier molecular flexibility index (Phi) is 14.0. The summed E-state index contributed by atoms with van der Waals surface area (Å²) in [6.07, 6.45) is 8.84. The molecule has 0 saturated carbocycles. The molecular weight excluding hydrogens is 412 g/mol. The minimum atomic E-state index is 0.0273. The maximum absolute atomic E-state index is 8.37. The third-order valence-corrected chi connectivity index (χ3v) is 5.78. The second kappa shape index (κ2) is 17.2. The molecule has 0 spiro atoms. The van der Waals surface area contributed by atoms with E-state index >= 15 is 0 Å². The van der Waals surface area contributed by atoms with Crippen LogP contribution in [0.2, 0.25) is 0 Å². The first-order valence-corrected chi connectivity index (χ1v) is 12.3. The zero-order valence-electron chi connectivity index (χ0n) is 20.3. The van der Waals surface area contributed by atoms with Crippen molar-refractivity contribution in [1.29, 1.82) is 0 Å². The Morgan fingerprint density at radius 2 is 1.52 bits per heavy atom. The number of benzene rings is 2. The highest BCUT2D eigenvalue weighted by atomic mass is 16.5. The van der Waals surface area contributed by atoms with Gasteiger partial charge in [-0.15, -0.1) is 0 Å². The summed E-state index contributed by atoms with van der Waals surface area (Å²) in [5.41, 5.74) is 13.3. The van der Waals surface area contributed by atoms with Gasteiger partial charge in [-0.25, -0.2) is 0 Å². The number of azide groups is 1. The molecule has 2 aromatic carbocycles. The monoisotopic (exact) mass is 452 g/mol. The first-order chi connectivity index (χ1) is 16.3. The number of nitrogens with one attached hydrogen (secondary N) is 1. The van der Waals surface area contributed by atoms with Crippen LogP contribution in [0.5, 0.6) is 0 Å². The molecule has 2 aromatic rings. The fourth-order valence-corrected chi connectivity index (χ4v) is 3.89. The third kappa shape index (κ3) is 11.4. The van der Waals surface area contributed by atoms with Crippen LogP contribution in [0.15, 0.2) is 53.6 Å². The molecule has 0 radical (unpaired) electrons. The highest BCUT2D eigenvalue weighted by Crippen LogP contribution is 2.19. The van der Waals surface area contributed by atoms with Crippen LogP contribution < -0.4 is 5.32 Å². The normalized spacial score (nSPS) is 11.8. The number of aryl methyl sites for hydroxylation is 1. The molecular formula is C27H40N4O2. The van der Waals surface area contributed by atoms with E-state index in [2.05, 4.69) is 51.7 Å². The van der Waals surface area contributed by atoms with Crippen molar-refractivity contribution in [2.75, 3.05) is 26.9 Å². The Balaban J connectivity index is 1.48. The lowest BCUT2D eigenvalue weighted by atomic mass is 10.0. The molecule has 0 aliphatic heterocycles. The molecule has 6 heteroatoms. The van der Waals surface area contributed by atoms with Gasteiger partial charge in [0, 0.05) is 25.2 Å². The van der Waals surface area contributed by atoms with E-state index in [1.165, 1.54) is 55.2 Å². The first kappa shape index (κ1) is 26.9. The molecule has 0 aliphatic carbocycles. The van der Waals surface area contributed by atoms with Crippen LogP contribution in [-0.4, -0.2) is 26.9 Å². The van der Waals surface area contributed by atoms with Crippen LogP contribution in [0.1, 0.15) is 73.8 Å². The van der Waals surface area contributed by atoms with Crippen LogP contribution >= 0.6 is 0 Å². The van der Waals surface area contributed by atoms with E-state index in [0.717, 1.165) is 25.1 Å². The van der Waals surface area contributed by atoms with Crippen molar-refractivity contribution in [1.82, 2.24) is 5.32 Å². The lowest BCUT2D eigenvalue weighted by Gasteiger charge is -2.16. The number of ether oxygens (including phenoxy) is 2. The third-order valence-electron chi connectivity index (χ3n) is 5.78. The van der Waals surface area contributed by atoms with Crippen LogP contribution in [0.25, 0.3) is 10.4 Å². The van der Waals surface area contributed by atoms with Gasteiger partial charge in [0.25, 0.3) is 0 Å². The SMILES string of the molecule is CCOC(COC)c1ccc(CCCCCCCCNCc2ccc(CN=[N+]=[N-])cc2)cc1. The number of hydrogen-bond donors (Lipinski definition) is 1. The number of methoxy groups -OCH3 is 1. The molecule has 180 valence electrons. The minimum absolute atomic E-state index is 0.0273. The number of nitrogens with zero attached hydrogens (tertiary/aromatic N) is 3. The van der Waals surface area contributed by atoms with E-state index in [1.807, 2.05) is 19.1 Å². The van der Waals surface area contributed by atoms with Gasteiger partial charge in [-0.3, -0.25) is 0 Å². The van der Waals surface area contributed by atoms with Crippen molar-refractivity contribution in [3.63, 3.8) is 0 Å². The summed E-state index contributed by atoms with van der Waals surface area (Å²) >= 11 is 0. The van der Waals surface area contributed by atoms with Gasteiger partial charge in [0.2, 0.25) is 0 Å². The molecule has 33 heavy (non-hydrogen) atoms. The second-order valence-electron chi connectivity index (χ2n) is 8.39. The van der Waals surface area contributed by atoms with Crippen LogP contribution in [0.4, 0.5) is 0 Å². The van der Waals surface area contributed by atoms with E-state index in [0.29, 0.717) is 19.8 Å². The fourth-order valence-electron chi connectivity index (χ4n) is 3.89. The number of rotatable bonds is 18. The second-order valence-corrected chi connectivity index (χ2v) is 8.39. The van der Waals surface area contributed by atoms with Gasteiger partial charge in [0.1, 0.15) is 6.10 Å². The molecule has 0 saturated heterocycles. The molecule has 0 bridgehead atoms. The average Bonchev–Trinajstić information content (AvgIpc) is 2.85. The predicted octanol–water partition coefficient (Wildman–Crippen LogP) is 6.89. The zero-order chi connectivity index (χ0) is 23.6. The van der Waals surface area contributed by atoms with Crippen molar-refractivity contribution in [3.8, 4) is 0 Å². The Bertz CT molecular complexity index is 796. The van der Waals surface area contributed by atoms with Crippen molar-refractivity contribution >= 4 is 0 Å². The first-order valence-electron chi connectivity index (χ1n) is 12.3. The predicted molar refractivity (Wildman–Crippen MR) is 135 cm³/mol. The van der Waals surface area contributed by atoms with Crippen LogP contribution in [0, 0.1) is 0 Å². The summed E-state index contributed by atoms with van der Waals surface area (Å²) in [7, 11) is 1.72. The Morgan fingerprint density at radius 3 is 2.18 bits per heavy atom. The molecule has 1 N–H and O–H groups in total. The summed E-state index contributed by atoms with van der Waals surface area (Å²) in [4.78, 5) is 2.79. The molecule has 2 rings (SSSR count). The fraction of sp³-hybridized carbons (Fsp3) is 0.556. The van der Waals surface area contributed by atoms with E-state index in [-0.39, 0.29) is 6.10 Å². The highest BCUT2D eigenvalue weighted by Gasteiger charge is 2.10. The summed E-state index contributed by atoms with van der Waals surface area (Å²) in [5, 5.41) is 7.10. The van der Waals surface area contributed by atoms with E-state index < -0.39 is 0 Å². The molecule has 0 heterocycles. The van der Waals surface area contributed by atoms with Gasteiger partial charge in [-0.2, -0.15) is 0 Å². The summed E-state index contributed by atoms with van der Waals surface area (Å²) < 4.78 is 11.0. The topological polar surface area (TPSA) is 79.2 Å². The van der Waals surface area contributed by atoms with Crippen molar-refractivity contribution in [2.24, 2.45) is 5.11 Å².